The van der Waals surface area contributed by atoms with Gasteiger partial charge in [0.05, 0.1) is 19.0 Å². The summed E-state index contributed by atoms with van der Waals surface area (Å²) in [5, 5.41) is 6.17. The van der Waals surface area contributed by atoms with Crippen molar-refractivity contribution in [2.24, 2.45) is 5.92 Å². The molecule has 3 rings (SSSR count). The third kappa shape index (κ3) is 5.04. The zero-order valence-corrected chi connectivity index (χ0v) is 15.7. The second-order valence-corrected chi connectivity index (χ2v) is 7.55. The largest absolute Gasteiger partial charge is 0.497 e. The van der Waals surface area contributed by atoms with Crippen molar-refractivity contribution in [1.82, 2.24) is 15.5 Å². The number of amides is 2. The molecule has 2 unspecified atom stereocenters. The van der Waals surface area contributed by atoms with Gasteiger partial charge in [-0.3, -0.25) is 9.59 Å². The summed E-state index contributed by atoms with van der Waals surface area (Å²) in [6, 6.07) is 7.03. The van der Waals surface area contributed by atoms with E-state index < -0.39 is 0 Å². The molecule has 2 N–H and O–H groups in total. The number of thioether (sulfide) groups is 1. The average molecular weight is 379 g/mol. The number of nitrogens with zero attached hydrogens (tertiary/aromatic N) is 1. The van der Waals surface area contributed by atoms with Crippen LogP contribution in [0.25, 0.3) is 0 Å². The number of rotatable bonds is 7. The first kappa shape index (κ1) is 18.8. The highest BCUT2D eigenvalue weighted by Gasteiger charge is 2.33. The Morgan fingerprint density at radius 3 is 3.00 bits per heavy atom. The molecule has 8 heteroatoms. The monoisotopic (exact) mass is 379 g/mol. The van der Waals surface area contributed by atoms with E-state index in [0.29, 0.717) is 18.0 Å². The van der Waals surface area contributed by atoms with Crippen LogP contribution >= 0.6 is 11.8 Å². The van der Waals surface area contributed by atoms with Crippen LogP contribution in [0.3, 0.4) is 0 Å². The zero-order valence-electron chi connectivity index (χ0n) is 14.9. The van der Waals surface area contributed by atoms with E-state index in [1.165, 1.54) is 0 Å². The van der Waals surface area contributed by atoms with E-state index in [9.17, 15) is 9.59 Å². The predicted molar refractivity (Wildman–Crippen MR) is 100 cm³/mol. The van der Waals surface area contributed by atoms with Crippen molar-refractivity contribution in [2.45, 2.75) is 12.5 Å². The first-order valence-corrected chi connectivity index (χ1v) is 9.94. The van der Waals surface area contributed by atoms with Gasteiger partial charge in [0, 0.05) is 31.5 Å². The lowest BCUT2D eigenvalue weighted by Gasteiger charge is -2.19. The number of carbonyl (C=O) groups is 2. The van der Waals surface area contributed by atoms with Gasteiger partial charge in [-0.25, -0.2) is 0 Å². The Morgan fingerprint density at radius 2 is 2.23 bits per heavy atom. The van der Waals surface area contributed by atoms with E-state index in [1.54, 1.807) is 31.0 Å². The summed E-state index contributed by atoms with van der Waals surface area (Å²) in [4.78, 5) is 26.3. The Kier molecular flexibility index (Phi) is 6.62. The second kappa shape index (κ2) is 9.14. The summed E-state index contributed by atoms with van der Waals surface area (Å²) in [6.07, 6.45) is 0.761. The molecule has 2 aliphatic heterocycles. The molecule has 2 amide bonds. The quantitative estimate of drug-likeness (QED) is 0.726. The SMILES string of the molecule is COc1cccc(OCC(=O)NCC2CNC(C(=O)N3CCSC3)C2)c1. The molecule has 1 aromatic carbocycles. The highest BCUT2D eigenvalue weighted by molar-refractivity contribution is 7.99. The normalized spacial score (nSPS) is 22.3. The summed E-state index contributed by atoms with van der Waals surface area (Å²) in [6.45, 7) is 2.09. The summed E-state index contributed by atoms with van der Waals surface area (Å²) >= 11 is 1.79. The van der Waals surface area contributed by atoms with E-state index in [2.05, 4.69) is 10.6 Å². The van der Waals surface area contributed by atoms with Crippen LogP contribution in [0.1, 0.15) is 6.42 Å². The highest BCUT2D eigenvalue weighted by Crippen LogP contribution is 2.20. The highest BCUT2D eigenvalue weighted by atomic mass is 32.2. The van der Waals surface area contributed by atoms with Gasteiger partial charge < -0.3 is 25.0 Å². The molecule has 0 spiro atoms. The Hall–Kier alpha value is -1.93. The molecular formula is C18H25N3O4S. The molecule has 2 fully saturated rings. The minimum Gasteiger partial charge on any atom is -0.497 e. The molecule has 0 bridgehead atoms. The van der Waals surface area contributed by atoms with E-state index in [0.717, 1.165) is 31.1 Å². The molecule has 0 saturated carbocycles. The molecular weight excluding hydrogens is 354 g/mol. The number of ether oxygens (including phenoxy) is 2. The van der Waals surface area contributed by atoms with Gasteiger partial charge in [-0.2, -0.15) is 0 Å². The fraction of sp³-hybridized carbons (Fsp3) is 0.556. The van der Waals surface area contributed by atoms with Gasteiger partial charge in [0.2, 0.25) is 5.91 Å². The molecule has 2 aliphatic rings. The third-order valence-corrected chi connectivity index (χ3v) is 5.55. The Balaban J connectivity index is 1.36. The maximum Gasteiger partial charge on any atom is 0.257 e. The topological polar surface area (TPSA) is 79.9 Å². The van der Waals surface area contributed by atoms with Crippen LogP contribution in [-0.2, 0) is 9.59 Å². The minimum atomic E-state index is -0.168. The van der Waals surface area contributed by atoms with Crippen molar-refractivity contribution in [2.75, 3.05) is 45.0 Å². The molecule has 2 saturated heterocycles. The zero-order chi connectivity index (χ0) is 18.4. The second-order valence-electron chi connectivity index (χ2n) is 6.47. The van der Waals surface area contributed by atoms with Gasteiger partial charge in [-0.05, 0) is 24.5 Å². The minimum absolute atomic E-state index is 0.0410. The van der Waals surface area contributed by atoms with Crippen molar-refractivity contribution < 1.29 is 19.1 Å². The lowest BCUT2D eigenvalue weighted by atomic mass is 10.1. The smallest absolute Gasteiger partial charge is 0.257 e. The van der Waals surface area contributed by atoms with Crippen molar-refractivity contribution in [3.63, 3.8) is 0 Å². The lowest BCUT2D eigenvalue weighted by molar-refractivity contribution is -0.131. The van der Waals surface area contributed by atoms with Crippen LogP contribution in [0, 0.1) is 5.92 Å². The molecule has 7 nitrogen and oxygen atoms in total. The van der Waals surface area contributed by atoms with Gasteiger partial charge in [-0.15, -0.1) is 11.8 Å². The van der Waals surface area contributed by atoms with Crippen molar-refractivity contribution in [1.29, 1.82) is 0 Å². The fourth-order valence-corrected chi connectivity index (χ4v) is 4.07. The number of methoxy groups -OCH3 is 1. The van der Waals surface area contributed by atoms with Gasteiger partial charge >= 0.3 is 0 Å². The maximum atomic E-state index is 12.4. The third-order valence-electron chi connectivity index (χ3n) is 4.58. The van der Waals surface area contributed by atoms with Gasteiger partial charge in [-0.1, -0.05) is 6.07 Å². The number of hydrogen-bond acceptors (Lipinski definition) is 6. The number of nitrogens with one attached hydrogen (secondary N) is 2. The van der Waals surface area contributed by atoms with Crippen molar-refractivity contribution in [3.8, 4) is 11.5 Å². The summed E-state index contributed by atoms with van der Waals surface area (Å²) in [5.41, 5.74) is 0. The predicted octanol–water partition coefficient (Wildman–Crippen LogP) is 0.701. The Bertz CT molecular complexity index is 637. The van der Waals surface area contributed by atoms with Crippen LogP contribution in [0.2, 0.25) is 0 Å². The molecule has 26 heavy (non-hydrogen) atoms. The van der Waals surface area contributed by atoms with Crippen LogP contribution in [-0.4, -0.2) is 67.7 Å². The molecule has 2 heterocycles. The van der Waals surface area contributed by atoms with Crippen molar-refractivity contribution >= 4 is 23.6 Å². The number of benzene rings is 1. The first-order valence-electron chi connectivity index (χ1n) is 8.79. The van der Waals surface area contributed by atoms with Crippen LogP contribution < -0.4 is 20.1 Å². The molecule has 0 aliphatic carbocycles. The van der Waals surface area contributed by atoms with Gasteiger partial charge in [0.1, 0.15) is 11.5 Å². The molecule has 142 valence electrons. The van der Waals surface area contributed by atoms with Crippen LogP contribution in [0.4, 0.5) is 0 Å². The first-order chi connectivity index (χ1) is 12.7. The Morgan fingerprint density at radius 1 is 1.38 bits per heavy atom. The van der Waals surface area contributed by atoms with E-state index in [-0.39, 0.29) is 30.4 Å². The van der Waals surface area contributed by atoms with Crippen LogP contribution in [0.5, 0.6) is 11.5 Å². The summed E-state index contributed by atoms with van der Waals surface area (Å²) in [7, 11) is 1.59. The van der Waals surface area contributed by atoms with Gasteiger partial charge in [0.25, 0.3) is 5.91 Å². The Labute approximate surface area is 157 Å². The van der Waals surface area contributed by atoms with E-state index in [4.69, 9.17) is 9.47 Å². The van der Waals surface area contributed by atoms with Crippen LogP contribution in [0.15, 0.2) is 24.3 Å². The average Bonchev–Trinajstić information content (AvgIpc) is 3.36. The summed E-state index contributed by atoms with van der Waals surface area (Å²) in [5.74, 6) is 3.37. The summed E-state index contributed by atoms with van der Waals surface area (Å²) < 4.78 is 10.6. The number of hydrogen-bond donors (Lipinski definition) is 2. The van der Waals surface area contributed by atoms with E-state index >= 15 is 0 Å². The van der Waals surface area contributed by atoms with Crippen molar-refractivity contribution in [3.05, 3.63) is 24.3 Å². The molecule has 0 radical (unpaired) electrons. The maximum absolute atomic E-state index is 12.4. The molecule has 2 atom stereocenters. The standard InChI is InChI=1S/C18H25N3O4S/c1-24-14-3-2-4-15(8-14)25-11-17(22)20-10-13-7-16(19-9-13)18(23)21-5-6-26-12-21/h2-4,8,13,16,19H,5-7,9-12H2,1H3,(H,20,22). The lowest BCUT2D eigenvalue weighted by Crippen LogP contribution is -2.42. The molecule has 0 aromatic heterocycles. The fourth-order valence-electron chi connectivity index (χ4n) is 3.11. The van der Waals surface area contributed by atoms with Gasteiger partial charge in [0.15, 0.2) is 6.61 Å². The number of carbonyl (C=O) groups excluding carboxylic acids is 2. The van der Waals surface area contributed by atoms with E-state index in [1.807, 2.05) is 17.0 Å². The molecule has 1 aromatic rings.